The molecule has 0 aliphatic heterocycles. The molecule has 2 nitrogen and oxygen atoms in total. The van der Waals surface area contributed by atoms with Crippen molar-refractivity contribution in [1.82, 2.24) is 0 Å². The van der Waals surface area contributed by atoms with Gasteiger partial charge < -0.3 is 10.8 Å². The van der Waals surface area contributed by atoms with Gasteiger partial charge in [0, 0.05) is 4.47 Å². The molecule has 3 N–H and O–H groups in total. The van der Waals surface area contributed by atoms with Gasteiger partial charge in [-0.2, -0.15) is 0 Å². The molecule has 1 aromatic carbocycles. The molecule has 0 saturated heterocycles. The number of hydrogen-bond acceptors (Lipinski definition) is 2. The molecule has 1 aliphatic rings. The molecule has 3 heteroatoms. The molecule has 1 saturated carbocycles. The van der Waals surface area contributed by atoms with Crippen LogP contribution in [0.25, 0.3) is 0 Å². The number of aliphatic hydroxyl groups excluding tert-OH is 1. The first-order valence-corrected chi connectivity index (χ1v) is 7.58. The molecule has 0 amide bonds. The molecule has 1 aliphatic carbocycles. The van der Waals surface area contributed by atoms with E-state index in [0.717, 1.165) is 22.9 Å². The molecular formula is C15H22BrNO. The van der Waals surface area contributed by atoms with E-state index in [0.29, 0.717) is 5.92 Å². The van der Waals surface area contributed by atoms with Gasteiger partial charge in [0.05, 0.1) is 12.1 Å². The Kier molecular flexibility index (Phi) is 4.82. The van der Waals surface area contributed by atoms with Crippen molar-refractivity contribution in [1.29, 1.82) is 0 Å². The molecule has 1 fully saturated rings. The summed E-state index contributed by atoms with van der Waals surface area (Å²) in [5.41, 5.74) is 8.45. The Bertz CT molecular complexity index is 401. The van der Waals surface area contributed by atoms with Crippen LogP contribution in [-0.4, -0.2) is 11.2 Å². The van der Waals surface area contributed by atoms with Crippen molar-refractivity contribution in [3.8, 4) is 0 Å². The highest BCUT2D eigenvalue weighted by molar-refractivity contribution is 9.10. The molecule has 1 aromatic rings. The lowest BCUT2D eigenvalue weighted by atomic mass is 9.81. The van der Waals surface area contributed by atoms with Crippen LogP contribution in [-0.2, 0) is 0 Å². The number of nitrogens with two attached hydrogens (primary N) is 1. The Labute approximate surface area is 118 Å². The van der Waals surface area contributed by atoms with Crippen molar-refractivity contribution < 1.29 is 5.11 Å². The molecule has 18 heavy (non-hydrogen) atoms. The molecule has 2 rings (SSSR count). The van der Waals surface area contributed by atoms with E-state index in [-0.39, 0.29) is 6.04 Å². The molecular weight excluding hydrogens is 290 g/mol. The summed E-state index contributed by atoms with van der Waals surface area (Å²) in [7, 11) is 0. The van der Waals surface area contributed by atoms with Gasteiger partial charge >= 0.3 is 0 Å². The Morgan fingerprint density at radius 2 is 1.94 bits per heavy atom. The number of aryl methyl sites for hydroxylation is 1. The predicted octanol–water partition coefficient (Wildman–Crippen LogP) is 3.70. The van der Waals surface area contributed by atoms with Crippen molar-refractivity contribution in [3.05, 3.63) is 33.8 Å². The van der Waals surface area contributed by atoms with Gasteiger partial charge in [0.15, 0.2) is 0 Å². The quantitative estimate of drug-likeness (QED) is 0.894. The molecule has 0 bridgehead atoms. The van der Waals surface area contributed by atoms with Crippen LogP contribution in [0.2, 0.25) is 0 Å². The summed E-state index contributed by atoms with van der Waals surface area (Å²) in [6, 6.07) is 5.84. The van der Waals surface area contributed by atoms with Gasteiger partial charge in [-0.1, -0.05) is 47.3 Å². The van der Waals surface area contributed by atoms with Crippen LogP contribution in [0.15, 0.2) is 22.7 Å². The van der Waals surface area contributed by atoms with Crippen LogP contribution in [0.3, 0.4) is 0 Å². The van der Waals surface area contributed by atoms with Gasteiger partial charge in [-0.05, 0) is 42.9 Å². The summed E-state index contributed by atoms with van der Waals surface area (Å²) in [5, 5.41) is 10.4. The van der Waals surface area contributed by atoms with Gasteiger partial charge in [-0.3, -0.25) is 0 Å². The monoisotopic (exact) mass is 311 g/mol. The van der Waals surface area contributed by atoms with Crippen molar-refractivity contribution >= 4 is 15.9 Å². The van der Waals surface area contributed by atoms with Gasteiger partial charge in [0.2, 0.25) is 0 Å². The van der Waals surface area contributed by atoms with Crippen LogP contribution in [0, 0.1) is 12.8 Å². The summed E-state index contributed by atoms with van der Waals surface area (Å²) in [6.45, 7) is 2.05. The Morgan fingerprint density at radius 1 is 1.28 bits per heavy atom. The number of halogens is 1. The fraction of sp³-hybridized carbons (Fsp3) is 0.600. The van der Waals surface area contributed by atoms with E-state index >= 15 is 0 Å². The third-order valence-corrected chi connectivity index (χ3v) is 4.70. The number of rotatable bonds is 3. The van der Waals surface area contributed by atoms with Crippen molar-refractivity contribution in [2.45, 2.75) is 51.2 Å². The number of aliphatic hydroxyl groups is 1. The van der Waals surface area contributed by atoms with E-state index in [9.17, 15) is 5.11 Å². The van der Waals surface area contributed by atoms with Crippen molar-refractivity contribution in [3.63, 3.8) is 0 Å². The van der Waals surface area contributed by atoms with Crippen LogP contribution >= 0.6 is 15.9 Å². The fourth-order valence-corrected chi connectivity index (χ4v) is 3.61. The van der Waals surface area contributed by atoms with E-state index in [2.05, 4.69) is 28.9 Å². The summed E-state index contributed by atoms with van der Waals surface area (Å²) in [5.74, 6) is 0.363. The van der Waals surface area contributed by atoms with E-state index in [1.54, 1.807) is 0 Å². The lowest BCUT2D eigenvalue weighted by molar-refractivity contribution is 0.0616. The van der Waals surface area contributed by atoms with Gasteiger partial charge in [-0.15, -0.1) is 0 Å². The molecule has 100 valence electrons. The Balaban J connectivity index is 2.11. The van der Waals surface area contributed by atoms with Gasteiger partial charge in [-0.25, -0.2) is 0 Å². The highest BCUT2D eigenvalue weighted by Crippen LogP contribution is 2.33. The second kappa shape index (κ2) is 6.18. The lowest BCUT2D eigenvalue weighted by Crippen LogP contribution is -2.34. The van der Waals surface area contributed by atoms with Crippen molar-refractivity contribution in [2.75, 3.05) is 0 Å². The third kappa shape index (κ3) is 3.14. The van der Waals surface area contributed by atoms with Gasteiger partial charge in [0.25, 0.3) is 0 Å². The molecule has 0 spiro atoms. The normalized spacial score (nSPS) is 20.7. The van der Waals surface area contributed by atoms with E-state index in [4.69, 9.17) is 5.73 Å². The maximum absolute atomic E-state index is 10.4. The smallest absolute Gasteiger partial charge is 0.0761 e. The molecule has 0 aromatic heterocycles. The topological polar surface area (TPSA) is 46.2 Å². The minimum Gasteiger partial charge on any atom is -0.391 e. The largest absolute Gasteiger partial charge is 0.391 e. The van der Waals surface area contributed by atoms with E-state index < -0.39 is 6.10 Å². The maximum atomic E-state index is 10.4. The molecule has 0 radical (unpaired) electrons. The van der Waals surface area contributed by atoms with Crippen LogP contribution in [0.4, 0.5) is 0 Å². The Morgan fingerprint density at radius 3 is 2.56 bits per heavy atom. The second-order valence-electron chi connectivity index (χ2n) is 5.44. The fourth-order valence-electron chi connectivity index (χ4n) is 2.86. The first-order chi connectivity index (χ1) is 8.59. The summed E-state index contributed by atoms with van der Waals surface area (Å²) < 4.78 is 1.00. The standard InChI is InChI=1S/C15H22BrNO/c1-10-7-8-12(13(16)9-10)14(17)15(18)11-5-3-2-4-6-11/h7-9,11,14-15,18H,2-6,17H2,1H3/t14-,15+/m1/s1. The highest BCUT2D eigenvalue weighted by Gasteiger charge is 2.28. The zero-order valence-corrected chi connectivity index (χ0v) is 12.5. The first kappa shape index (κ1) is 14.0. The maximum Gasteiger partial charge on any atom is 0.0761 e. The zero-order valence-electron chi connectivity index (χ0n) is 10.9. The average molecular weight is 312 g/mol. The Hall–Kier alpha value is -0.380. The summed E-state index contributed by atoms with van der Waals surface area (Å²) >= 11 is 3.55. The number of benzene rings is 1. The minimum absolute atomic E-state index is 0.289. The SMILES string of the molecule is Cc1ccc([C@@H](N)[C@@H](O)C2CCCCC2)c(Br)c1. The van der Waals surface area contributed by atoms with Crippen LogP contribution < -0.4 is 5.73 Å². The van der Waals surface area contributed by atoms with Gasteiger partial charge in [0.1, 0.15) is 0 Å². The highest BCUT2D eigenvalue weighted by atomic mass is 79.9. The van der Waals surface area contributed by atoms with E-state index in [1.165, 1.54) is 24.8 Å². The van der Waals surface area contributed by atoms with Crippen LogP contribution in [0.1, 0.15) is 49.3 Å². The lowest BCUT2D eigenvalue weighted by Gasteiger charge is -2.31. The summed E-state index contributed by atoms with van der Waals surface area (Å²) in [6.07, 6.45) is 5.54. The second-order valence-corrected chi connectivity index (χ2v) is 6.29. The minimum atomic E-state index is -0.427. The first-order valence-electron chi connectivity index (χ1n) is 6.79. The average Bonchev–Trinajstić information content (AvgIpc) is 2.38. The zero-order chi connectivity index (χ0) is 13.1. The van der Waals surface area contributed by atoms with E-state index in [1.807, 2.05) is 12.1 Å². The predicted molar refractivity (Wildman–Crippen MR) is 78.4 cm³/mol. The summed E-state index contributed by atoms with van der Waals surface area (Å²) in [4.78, 5) is 0. The van der Waals surface area contributed by atoms with Crippen molar-refractivity contribution in [2.24, 2.45) is 11.7 Å². The molecule has 2 atom stereocenters. The molecule has 0 unspecified atom stereocenters. The van der Waals surface area contributed by atoms with Crippen LogP contribution in [0.5, 0.6) is 0 Å². The number of hydrogen-bond donors (Lipinski definition) is 2. The third-order valence-electron chi connectivity index (χ3n) is 4.02. The molecule has 0 heterocycles.